The Hall–Kier alpha value is -3.31. The fraction of sp³-hybridized carbons (Fsp3) is 0.393. The van der Waals surface area contributed by atoms with Crippen molar-refractivity contribution in [2.24, 2.45) is 0 Å². The Kier molecular flexibility index (Phi) is 8.51. The lowest BCUT2D eigenvalue weighted by atomic mass is 10.0. The Balaban J connectivity index is 1.31. The molecule has 0 aliphatic carbocycles. The van der Waals surface area contributed by atoms with Crippen molar-refractivity contribution < 1.29 is 19.4 Å². The third kappa shape index (κ3) is 5.90. The quantitative estimate of drug-likeness (QED) is 0.363. The van der Waals surface area contributed by atoms with Gasteiger partial charge in [-0.1, -0.05) is 35.3 Å². The van der Waals surface area contributed by atoms with Gasteiger partial charge in [-0.2, -0.15) is 0 Å². The number of hydrogen-bond donors (Lipinski definition) is 3. The van der Waals surface area contributed by atoms with E-state index in [-0.39, 0.29) is 25.1 Å². The van der Waals surface area contributed by atoms with Crippen LogP contribution in [0.15, 0.2) is 36.5 Å². The van der Waals surface area contributed by atoms with Crippen molar-refractivity contribution in [3.8, 4) is 11.3 Å². The largest absolute Gasteiger partial charge is 0.394 e. The second-order valence-corrected chi connectivity index (χ2v) is 10.8. The second-order valence-electron chi connectivity index (χ2n) is 9.95. The van der Waals surface area contributed by atoms with Gasteiger partial charge >= 0.3 is 0 Å². The molecule has 0 radical (unpaired) electrons. The molecule has 1 aromatic carbocycles. The van der Waals surface area contributed by atoms with Crippen LogP contribution in [0.1, 0.15) is 53.1 Å². The molecule has 2 amide bonds. The van der Waals surface area contributed by atoms with E-state index in [0.717, 1.165) is 18.4 Å². The fourth-order valence-electron chi connectivity index (χ4n) is 4.85. The minimum atomic E-state index is -0.788. The number of aliphatic hydroxyl groups is 1. The Morgan fingerprint density at radius 3 is 2.67 bits per heavy atom. The summed E-state index contributed by atoms with van der Waals surface area (Å²) in [5.41, 5.74) is 3.56. The Morgan fingerprint density at radius 2 is 1.95 bits per heavy atom. The van der Waals surface area contributed by atoms with E-state index in [2.05, 4.69) is 25.6 Å². The summed E-state index contributed by atoms with van der Waals surface area (Å²) in [5, 5.41) is 16.9. The molecule has 2 atom stereocenters. The summed E-state index contributed by atoms with van der Waals surface area (Å²) in [6.45, 7) is 4.71. The molecule has 5 rings (SSSR count). The molecule has 1 saturated heterocycles. The number of nitrogens with one attached hydrogen (secondary N) is 2. The van der Waals surface area contributed by atoms with Gasteiger partial charge < -0.3 is 25.4 Å². The van der Waals surface area contributed by atoms with Gasteiger partial charge in [0.2, 0.25) is 11.9 Å². The number of carbonyl (C=O) groups excluding carboxylic acids is 2. The molecule has 1 fully saturated rings. The van der Waals surface area contributed by atoms with Gasteiger partial charge in [-0.25, -0.2) is 9.97 Å². The van der Waals surface area contributed by atoms with Crippen LogP contribution < -0.4 is 10.6 Å². The van der Waals surface area contributed by atoms with Gasteiger partial charge in [0.05, 0.1) is 46.0 Å². The third-order valence-electron chi connectivity index (χ3n) is 7.26. The topological polar surface area (TPSA) is 130 Å². The van der Waals surface area contributed by atoms with Crippen molar-refractivity contribution in [2.75, 3.05) is 25.1 Å². The van der Waals surface area contributed by atoms with Gasteiger partial charge in [0.1, 0.15) is 6.04 Å². The van der Waals surface area contributed by atoms with Gasteiger partial charge in [0, 0.05) is 36.9 Å². The van der Waals surface area contributed by atoms with E-state index < -0.39 is 18.0 Å². The zero-order valence-corrected chi connectivity index (χ0v) is 23.7. The molecule has 2 aliphatic rings. The van der Waals surface area contributed by atoms with Gasteiger partial charge in [-0.05, 0) is 50.5 Å². The zero-order valence-electron chi connectivity index (χ0n) is 22.2. The molecule has 40 heavy (non-hydrogen) atoms. The number of fused-ring (bicyclic) bond motifs is 1. The molecule has 210 valence electrons. The first-order valence-corrected chi connectivity index (χ1v) is 13.9. The van der Waals surface area contributed by atoms with Crippen LogP contribution in [0.5, 0.6) is 0 Å². The van der Waals surface area contributed by atoms with Gasteiger partial charge in [0.15, 0.2) is 0 Å². The summed E-state index contributed by atoms with van der Waals surface area (Å²) in [5.74, 6) is -0.211. The van der Waals surface area contributed by atoms with Crippen LogP contribution in [-0.2, 0) is 16.1 Å². The molecule has 0 spiro atoms. The molecule has 0 bridgehead atoms. The number of hydrogen-bond acceptors (Lipinski definition) is 8. The van der Waals surface area contributed by atoms with E-state index in [9.17, 15) is 14.7 Å². The van der Waals surface area contributed by atoms with Crippen LogP contribution in [0.2, 0.25) is 10.0 Å². The molecular formula is C28H30Cl2N6O4. The number of anilines is 1. The molecule has 12 heteroatoms. The summed E-state index contributed by atoms with van der Waals surface area (Å²) in [4.78, 5) is 41.4. The standard InChI is InChI=1S/C28H30Cl2N6O4/c1-15-21(29)5-6-23(32-15)24(14-37)34-26(38)16(2)36-13-18-4-3-17(11-20(18)27(36)39)25-22(30)12-31-28(35-25)33-19-7-9-40-10-8-19/h3-6,11-12,16,19,24,37H,7-10,13-14H2,1-2H3,(H,34,38)(H,31,33,35). The van der Waals surface area contributed by atoms with Crippen molar-refractivity contribution in [3.05, 3.63) is 69.1 Å². The average Bonchev–Trinajstić information content (AvgIpc) is 3.29. The number of carbonyl (C=O) groups is 2. The van der Waals surface area contributed by atoms with E-state index >= 15 is 0 Å². The lowest BCUT2D eigenvalue weighted by Crippen LogP contribution is -2.47. The highest BCUT2D eigenvalue weighted by Crippen LogP contribution is 2.32. The van der Waals surface area contributed by atoms with Crippen LogP contribution in [0, 0.1) is 6.92 Å². The average molecular weight is 585 g/mol. The van der Waals surface area contributed by atoms with Crippen LogP contribution in [-0.4, -0.2) is 68.7 Å². The Bertz CT molecular complexity index is 1430. The minimum Gasteiger partial charge on any atom is -0.394 e. The van der Waals surface area contributed by atoms with Crippen molar-refractivity contribution in [2.45, 2.75) is 51.4 Å². The summed E-state index contributed by atoms with van der Waals surface area (Å²) in [6.07, 6.45) is 3.28. The lowest BCUT2D eigenvalue weighted by Gasteiger charge is -2.26. The molecule has 10 nitrogen and oxygen atoms in total. The van der Waals surface area contributed by atoms with Gasteiger partial charge in [-0.3, -0.25) is 14.6 Å². The number of nitrogens with zero attached hydrogens (tertiary/aromatic N) is 4. The number of ether oxygens (including phenoxy) is 1. The first-order chi connectivity index (χ1) is 19.2. The summed E-state index contributed by atoms with van der Waals surface area (Å²) >= 11 is 12.5. The van der Waals surface area contributed by atoms with Crippen LogP contribution in [0.3, 0.4) is 0 Å². The summed E-state index contributed by atoms with van der Waals surface area (Å²) < 4.78 is 5.41. The molecule has 2 unspecified atom stereocenters. The van der Waals surface area contributed by atoms with E-state index in [1.807, 2.05) is 12.1 Å². The highest BCUT2D eigenvalue weighted by atomic mass is 35.5. The van der Waals surface area contributed by atoms with Gasteiger partial charge in [-0.15, -0.1) is 0 Å². The SMILES string of the molecule is Cc1nc(C(CO)NC(=O)C(C)N2Cc3ccc(-c4nc(NC5CCOCC5)ncc4Cl)cc3C2=O)ccc1Cl. The van der Waals surface area contributed by atoms with Crippen molar-refractivity contribution in [1.82, 2.24) is 25.2 Å². The third-order valence-corrected chi connectivity index (χ3v) is 7.94. The maximum absolute atomic E-state index is 13.4. The van der Waals surface area contributed by atoms with Crippen LogP contribution in [0.25, 0.3) is 11.3 Å². The first kappa shape index (κ1) is 28.2. The van der Waals surface area contributed by atoms with E-state index in [0.29, 0.717) is 57.4 Å². The molecule has 3 aromatic rings. The van der Waals surface area contributed by atoms with Crippen molar-refractivity contribution in [3.63, 3.8) is 0 Å². The number of aromatic nitrogens is 3. The molecule has 3 N–H and O–H groups in total. The smallest absolute Gasteiger partial charge is 0.255 e. The maximum atomic E-state index is 13.4. The number of pyridine rings is 1. The maximum Gasteiger partial charge on any atom is 0.255 e. The predicted octanol–water partition coefficient (Wildman–Crippen LogP) is 3.94. The monoisotopic (exact) mass is 584 g/mol. The van der Waals surface area contributed by atoms with E-state index in [4.69, 9.17) is 27.9 Å². The summed E-state index contributed by atoms with van der Waals surface area (Å²) in [7, 11) is 0. The van der Waals surface area contributed by atoms with Gasteiger partial charge in [0.25, 0.3) is 5.91 Å². The number of rotatable bonds is 8. The van der Waals surface area contributed by atoms with Crippen LogP contribution in [0.4, 0.5) is 5.95 Å². The molecule has 2 aromatic heterocycles. The number of benzene rings is 1. The van der Waals surface area contributed by atoms with E-state index in [1.54, 1.807) is 38.2 Å². The highest BCUT2D eigenvalue weighted by molar-refractivity contribution is 6.33. The van der Waals surface area contributed by atoms with Crippen molar-refractivity contribution >= 4 is 41.0 Å². The second kappa shape index (κ2) is 12.1. The summed E-state index contributed by atoms with van der Waals surface area (Å²) in [6, 6.07) is 7.50. The molecule has 0 saturated carbocycles. The fourth-order valence-corrected chi connectivity index (χ4v) is 5.16. The highest BCUT2D eigenvalue weighted by Gasteiger charge is 2.35. The number of amides is 2. The molecule has 4 heterocycles. The van der Waals surface area contributed by atoms with E-state index in [1.165, 1.54) is 4.90 Å². The number of aryl methyl sites for hydroxylation is 1. The first-order valence-electron chi connectivity index (χ1n) is 13.1. The lowest BCUT2D eigenvalue weighted by molar-refractivity contribution is -0.126. The Morgan fingerprint density at radius 1 is 1.18 bits per heavy atom. The van der Waals surface area contributed by atoms with Crippen molar-refractivity contribution in [1.29, 1.82) is 0 Å². The zero-order chi connectivity index (χ0) is 28.4. The van der Waals surface area contributed by atoms with Crippen LogP contribution >= 0.6 is 23.2 Å². The molecule has 2 aliphatic heterocycles. The normalized spacial score (nSPS) is 16.9. The Labute approximate surface area is 242 Å². The number of aliphatic hydroxyl groups excluding tert-OH is 1. The number of halogens is 2. The minimum absolute atomic E-state index is 0.218. The molecular weight excluding hydrogens is 555 g/mol. The predicted molar refractivity (Wildman–Crippen MR) is 151 cm³/mol.